The zero-order valence-electron chi connectivity index (χ0n) is 15.8. The molecule has 0 N–H and O–H groups in total. The molecule has 1 atom stereocenters. The summed E-state index contributed by atoms with van der Waals surface area (Å²) in [5.41, 5.74) is 2.73. The van der Waals surface area contributed by atoms with Crippen molar-refractivity contribution in [2.24, 2.45) is 0 Å². The first-order chi connectivity index (χ1) is 13.6. The molecule has 4 nitrogen and oxygen atoms in total. The molecule has 1 saturated heterocycles. The van der Waals surface area contributed by atoms with Crippen LogP contribution in [0.1, 0.15) is 44.2 Å². The number of halogens is 2. The largest absolute Gasteiger partial charge is 0.484 e. The van der Waals surface area contributed by atoms with E-state index in [1.165, 1.54) is 17.7 Å². The van der Waals surface area contributed by atoms with Crippen molar-refractivity contribution in [1.82, 2.24) is 10.1 Å². The number of benzene rings is 1. The zero-order valence-corrected chi connectivity index (χ0v) is 16.6. The van der Waals surface area contributed by atoms with Gasteiger partial charge in [-0.05, 0) is 69.3 Å². The first kappa shape index (κ1) is 18.2. The van der Waals surface area contributed by atoms with Crippen molar-refractivity contribution in [2.75, 3.05) is 19.6 Å². The molecular weight excluding hydrogens is 379 g/mol. The van der Waals surface area contributed by atoms with E-state index in [0.29, 0.717) is 5.58 Å². The maximum absolute atomic E-state index is 13.3. The molecule has 148 valence electrons. The summed E-state index contributed by atoms with van der Waals surface area (Å²) in [5, 5.41) is 5.84. The van der Waals surface area contributed by atoms with Crippen molar-refractivity contribution in [3.05, 3.63) is 52.2 Å². The number of piperidine rings is 1. The van der Waals surface area contributed by atoms with Crippen LogP contribution in [0.3, 0.4) is 0 Å². The second-order valence-electron chi connectivity index (χ2n) is 8.24. The van der Waals surface area contributed by atoms with Crippen molar-refractivity contribution < 1.29 is 13.7 Å². The average molecular weight is 403 g/mol. The van der Waals surface area contributed by atoms with Gasteiger partial charge < -0.3 is 9.26 Å². The molecular formula is C22H24ClFN2O2. The predicted octanol–water partition coefficient (Wildman–Crippen LogP) is 5.33. The average Bonchev–Trinajstić information content (AvgIpc) is 3.23. The topological polar surface area (TPSA) is 38.5 Å². The summed E-state index contributed by atoms with van der Waals surface area (Å²) in [6, 6.07) is 4.61. The number of hydrogen-bond donors (Lipinski definition) is 0. The number of ether oxygens (including phenoxy) is 1. The summed E-state index contributed by atoms with van der Waals surface area (Å²) in [7, 11) is 0. The van der Waals surface area contributed by atoms with E-state index < -0.39 is 0 Å². The van der Waals surface area contributed by atoms with Crippen molar-refractivity contribution in [2.45, 2.75) is 50.5 Å². The number of fused-ring (bicyclic) bond motifs is 1. The van der Waals surface area contributed by atoms with Gasteiger partial charge in [-0.2, -0.15) is 0 Å². The van der Waals surface area contributed by atoms with Gasteiger partial charge in [0.15, 0.2) is 5.58 Å². The molecule has 3 heterocycles. The lowest BCUT2D eigenvalue weighted by molar-refractivity contribution is -0.0339. The molecule has 1 fully saturated rings. The monoisotopic (exact) mass is 402 g/mol. The molecule has 2 aromatic rings. The molecule has 3 aliphatic rings. The molecule has 1 aromatic heterocycles. The third-order valence-corrected chi connectivity index (χ3v) is 6.50. The zero-order chi connectivity index (χ0) is 19.1. The van der Waals surface area contributed by atoms with Gasteiger partial charge in [0.25, 0.3) is 0 Å². The van der Waals surface area contributed by atoms with Crippen LogP contribution in [0.4, 0.5) is 4.39 Å². The molecule has 28 heavy (non-hydrogen) atoms. The third-order valence-electron chi connectivity index (χ3n) is 6.18. The highest BCUT2D eigenvalue weighted by Crippen LogP contribution is 2.46. The molecule has 5 rings (SSSR count). The SMILES string of the molecule is Fc1ccc2c(CCCN3CCCC4(CC5=C(O4)C(Cl)=CCC5)C3)noc2c1. The summed E-state index contributed by atoms with van der Waals surface area (Å²) >= 11 is 6.38. The van der Waals surface area contributed by atoms with Crippen LogP contribution in [0.2, 0.25) is 0 Å². The highest BCUT2D eigenvalue weighted by Gasteiger charge is 2.44. The van der Waals surface area contributed by atoms with Gasteiger partial charge in [0, 0.05) is 24.4 Å². The van der Waals surface area contributed by atoms with Crippen molar-refractivity contribution in [3.8, 4) is 0 Å². The van der Waals surface area contributed by atoms with Crippen LogP contribution in [0.25, 0.3) is 11.0 Å². The number of aromatic nitrogens is 1. The Hall–Kier alpha value is -1.85. The molecule has 0 saturated carbocycles. The van der Waals surface area contributed by atoms with E-state index in [1.54, 1.807) is 6.07 Å². The van der Waals surface area contributed by atoms with Gasteiger partial charge in [-0.1, -0.05) is 22.8 Å². The van der Waals surface area contributed by atoms with E-state index in [0.717, 1.165) is 86.5 Å². The summed E-state index contributed by atoms with van der Waals surface area (Å²) in [6.45, 7) is 3.05. The highest BCUT2D eigenvalue weighted by molar-refractivity contribution is 6.31. The van der Waals surface area contributed by atoms with E-state index in [-0.39, 0.29) is 11.4 Å². The van der Waals surface area contributed by atoms with E-state index in [2.05, 4.69) is 16.1 Å². The van der Waals surface area contributed by atoms with Gasteiger partial charge in [0.1, 0.15) is 17.2 Å². The van der Waals surface area contributed by atoms with Gasteiger partial charge in [-0.25, -0.2) is 4.39 Å². The third kappa shape index (κ3) is 3.35. The summed E-state index contributed by atoms with van der Waals surface area (Å²) < 4.78 is 25.0. The molecule has 1 spiro atoms. The van der Waals surface area contributed by atoms with Crippen molar-refractivity contribution in [1.29, 1.82) is 0 Å². The molecule has 1 unspecified atom stereocenters. The van der Waals surface area contributed by atoms with Crippen LogP contribution < -0.4 is 0 Å². The normalized spacial score (nSPS) is 25.3. The summed E-state index contributed by atoms with van der Waals surface area (Å²) in [6.07, 6.45) is 9.25. The fraction of sp³-hybridized carbons (Fsp3) is 0.500. The predicted molar refractivity (Wildman–Crippen MR) is 107 cm³/mol. The Labute approximate surface area is 168 Å². The number of aryl methyl sites for hydroxylation is 1. The Bertz CT molecular complexity index is 967. The minimum atomic E-state index is -0.295. The Morgan fingerprint density at radius 3 is 3.14 bits per heavy atom. The molecule has 2 aliphatic heterocycles. The molecule has 1 aromatic carbocycles. The van der Waals surface area contributed by atoms with E-state index in [1.807, 2.05) is 0 Å². The second-order valence-corrected chi connectivity index (χ2v) is 8.65. The highest BCUT2D eigenvalue weighted by atomic mass is 35.5. The lowest BCUT2D eigenvalue weighted by Crippen LogP contribution is -2.48. The van der Waals surface area contributed by atoms with E-state index >= 15 is 0 Å². The first-order valence-corrected chi connectivity index (χ1v) is 10.5. The Kier molecular flexibility index (Phi) is 4.68. The van der Waals surface area contributed by atoms with Gasteiger partial charge in [-0.3, -0.25) is 4.90 Å². The van der Waals surface area contributed by atoms with Crippen LogP contribution in [-0.4, -0.2) is 35.3 Å². The lowest BCUT2D eigenvalue weighted by Gasteiger charge is -2.40. The Balaban J connectivity index is 1.19. The number of hydrogen-bond acceptors (Lipinski definition) is 4. The molecule has 1 aliphatic carbocycles. The number of allylic oxidation sites excluding steroid dienone is 2. The van der Waals surface area contributed by atoms with Crippen LogP contribution in [0, 0.1) is 5.82 Å². The quantitative estimate of drug-likeness (QED) is 0.693. The van der Waals surface area contributed by atoms with Gasteiger partial charge in [0.05, 0.1) is 10.7 Å². The standard InChI is InChI=1S/C22H24ClFN2O2/c23-18-5-1-4-15-13-22(27-21(15)18)9-3-11-26(14-22)10-2-6-19-17-8-7-16(24)12-20(17)28-25-19/h5,7-8,12H,1-4,6,9-11,13-14H2. The fourth-order valence-electron chi connectivity index (χ4n) is 4.90. The first-order valence-electron chi connectivity index (χ1n) is 10.2. The van der Waals surface area contributed by atoms with Crippen molar-refractivity contribution >= 4 is 22.6 Å². The minimum Gasteiger partial charge on any atom is -0.484 e. The maximum Gasteiger partial charge on any atom is 0.170 e. The summed E-state index contributed by atoms with van der Waals surface area (Å²) in [4.78, 5) is 2.50. The lowest BCUT2D eigenvalue weighted by atomic mass is 9.86. The van der Waals surface area contributed by atoms with Crippen molar-refractivity contribution in [3.63, 3.8) is 0 Å². The van der Waals surface area contributed by atoms with Crippen LogP contribution in [0.5, 0.6) is 0 Å². The van der Waals surface area contributed by atoms with Gasteiger partial charge in [-0.15, -0.1) is 0 Å². The van der Waals surface area contributed by atoms with Crippen LogP contribution in [-0.2, 0) is 11.2 Å². The molecule has 6 heteroatoms. The van der Waals surface area contributed by atoms with E-state index in [4.69, 9.17) is 20.9 Å². The van der Waals surface area contributed by atoms with Gasteiger partial charge in [0.2, 0.25) is 0 Å². The molecule has 0 amide bonds. The molecule has 0 radical (unpaired) electrons. The van der Waals surface area contributed by atoms with Crippen LogP contribution in [0.15, 0.2) is 45.2 Å². The molecule has 0 bridgehead atoms. The number of rotatable bonds is 4. The van der Waals surface area contributed by atoms with Crippen LogP contribution >= 0.6 is 11.6 Å². The second kappa shape index (κ2) is 7.20. The number of nitrogens with zero attached hydrogens (tertiary/aromatic N) is 2. The fourth-order valence-corrected chi connectivity index (χ4v) is 5.18. The maximum atomic E-state index is 13.3. The number of likely N-dealkylation sites (tertiary alicyclic amines) is 1. The Morgan fingerprint density at radius 2 is 2.25 bits per heavy atom. The van der Waals surface area contributed by atoms with E-state index in [9.17, 15) is 4.39 Å². The Morgan fingerprint density at radius 1 is 1.32 bits per heavy atom. The minimum absolute atomic E-state index is 0.0979. The summed E-state index contributed by atoms with van der Waals surface area (Å²) in [5.74, 6) is 0.660. The smallest absolute Gasteiger partial charge is 0.170 e. The van der Waals surface area contributed by atoms with Gasteiger partial charge >= 0.3 is 0 Å².